The molecule has 2 rings (SSSR count). The van der Waals surface area contributed by atoms with Crippen LogP contribution in [0.3, 0.4) is 0 Å². The topological polar surface area (TPSA) is 90.3 Å². The summed E-state index contributed by atoms with van der Waals surface area (Å²) in [4.78, 5) is 15.7. The number of carbonyl (C=O) groups is 1. The molecule has 1 aromatic heterocycles. The maximum atomic E-state index is 12.1. The first-order valence-corrected chi connectivity index (χ1v) is 8.95. The SMILES string of the molecule is Cc1nc(S(=O)(=O)NC(=O)COC2CCCCC2C)cn1C. The van der Waals surface area contributed by atoms with Crippen molar-refractivity contribution in [3.63, 3.8) is 0 Å². The predicted molar refractivity (Wildman–Crippen MR) is 80.6 cm³/mol. The van der Waals surface area contributed by atoms with Crippen molar-refractivity contribution in [2.75, 3.05) is 6.61 Å². The van der Waals surface area contributed by atoms with E-state index in [2.05, 4.69) is 11.9 Å². The summed E-state index contributed by atoms with van der Waals surface area (Å²) in [5, 5.41) is -0.160. The quantitative estimate of drug-likeness (QED) is 0.874. The van der Waals surface area contributed by atoms with Crippen molar-refractivity contribution >= 4 is 15.9 Å². The lowest BCUT2D eigenvalue weighted by molar-refractivity contribution is -0.127. The Balaban J connectivity index is 1.90. The first-order valence-electron chi connectivity index (χ1n) is 7.47. The van der Waals surface area contributed by atoms with Gasteiger partial charge >= 0.3 is 0 Å². The van der Waals surface area contributed by atoms with Gasteiger partial charge in [-0.25, -0.2) is 9.71 Å². The molecule has 1 heterocycles. The van der Waals surface area contributed by atoms with Crippen LogP contribution in [-0.2, 0) is 26.6 Å². The van der Waals surface area contributed by atoms with Crippen LogP contribution in [0, 0.1) is 12.8 Å². The van der Waals surface area contributed by atoms with Gasteiger partial charge in [0.2, 0.25) is 0 Å². The molecule has 1 saturated carbocycles. The van der Waals surface area contributed by atoms with Crippen LogP contribution in [0.4, 0.5) is 0 Å². The number of imidazole rings is 1. The van der Waals surface area contributed by atoms with Crippen LogP contribution in [0.1, 0.15) is 38.4 Å². The summed E-state index contributed by atoms with van der Waals surface area (Å²) in [7, 11) is -2.25. The summed E-state index contributed by atoms with van der Waals surface area (Å²) < 4.78 is 33.3. The molecule has 0 spiro atoms. The Morgan fingerprint density at radius 2 is 2.14 bits per heavy atom. The van der Waals surface area contributed by atoms with E-state index in [9.17, 15) is 13.2 Å². The minimum absolute atomic E-state index is 0.0271. The Hall–Kier alpha value is -1.41. The summed E-state index contributed by atoms with van der Waals surface area (Å²) in [6, 6.07) is 0. The molecular weight excluding hydrogens is 306 g/mol. The van der Waals surface area contributed by atoms with Crippen LogP contribution < -0.4 is 4.72 Å². The highest BCUT2D eigenvalue weighted by atomic mass is 32.2. The van der Waals surface area contributed by atoms with Crippen molar-refractivity contribution in [1.29, 1.82) is 0 Å². The van der Waals surface area contributed by atoms with Gasteiger partial charge in [0.25, 0.3) is 15.9 Å². The summed E-state index contributed by atoms with van der Waals surface area (Å²) in [5.74, 6) is 0.290. The van der Waals surface area contributed by atoms with E-state index in [1.807, 2.05) is 4.72 Å². The Morgan fingerprint density at radius 3 is 2.73 bits per heavy atom. The van der Waals surface area contributed by atoms with Crippen molar-refractivity contribution < 1.29 is 17.9 Å². The number of ether oxygens (including phenoxy) is 1. The molecule has 0 saturated heterocycles. The number of hydrogen-bond donors (Lipinski definition) is 1. The van der Waals surface area contributed by atoms with Gasteiger partial charge < -0.3 is 9.30 Å². The van der Waals surface area contributed by atoms with Crippen LogP contribution in [0.15, 0.2) is 11.2 Å². The molecule has 2 atom stereocenters. The maximum Gasteiger partial charge on any atom is 0.283 e. The van der Waals surface area contributed by atoms with E-state index in [4.69, 9.17) is 4.74 Å². The molecule has 1 aliphatic rings. The highest BCUT2D eigenvalue weighted by molar-refractivity contribution is 7.90. The molecule has 22 heavy (non-hydrogen) atoms. The Kier molecular flexibility index (Phi) is 5.23. The van der Waals surface area contributed by atoms with Crippen LogP contribution in [0.2, 0.25) is 0 Å². The Labute approximate surface area is 131 Å². The third-order valence-electron chi connectivity index (χ3n) is 4.07. The fourth-order valence-corrected chi connectivity index (χ4v) is 3.61. The smallest absolute Gasteiger partial charge is 0.283 e. The van der Waals surface area contributed by atoms with Crippen molar-refractivity contribution in [2.24, 2.45) is 13.0 Å². The van der Waals surface area contributed by atoms with Gasteiger partial charge in [0.05, 0.1) is 6.10 Å². The molecule has 0 aromatic carbocycles. The summed E-state index contributed by atoms with van der Waals surface area (Å²) in [6.07, 6.45) is 5.66. The lowest BCUT2D eigenvalue weighted by Crippen LogP contribution is -2.36. The second-order valence-corrected chi connectivity index (χ2v) is 7.51. The second-order valence-electron chi connectivity index (χ2n) is 5.88. The summed E-state index contributed by atoms with van der Waals surface area (Å²) in [6.45, 7) is 3.53. The highest BCUT2D eigenvalue weighted by Gasteiger charge is 2.25. The zero-order valence-electron chi connectivity index (χ0n) is 13.2. The lowest BCUT2D eigenvalue weighted by atomic mass is 9.88. The Bertz CT molecular complexity index is 619. The molecule has 1 amide bonds. The average molecular weight is 329 g/mol. The molecule has 0 bridgehead atoms. The van der Waals surface area contributed by atoms with Gasteiger partial charge in [-0.1, -0.05) is 19.8 Å². The number of hydrogen-bond acceptors (Lipinski definition) is 5. The number of aryl methyl sites for hydroxylation is 2. The van der Waals surface area contributed by atoms with E-state index in [1.165, 1.54) is 12.6 Å². The van der Waals surface area contributed by atoms with E-state index in [-0.39, 0.29) is 17.7 Å². The largest absolute Gasteiger partial charge is 0.368 e. The molecular formula is C14H23N3O4S. The fraction of sp³-hybridized carbons (Fsp3) is 0.714. The van der Waals surface area contributed by atoms with Crippen molar-refractivity contribution in [3.05, 3.63) is 12.0 Å². The van der Waals surface area contributed by atoms with E-state index >= 15 is 0 Å². The van der Waals surface area contributed by atoms with E-state index in [0.29, 0.717) is 11.7 Å². The molecule has 1 N–H and O–H groups in total. The minimum Gasteiger partial charge on any atom is -0.368 e. The zero-order valence-corrected chi connectivity index (χ0v) is 14.0. The number of nitrogens with one attached hydrogen (secondary N) is 1. The second kappa shape index (κ2) is 6.78. The summed E-state index contributed by atoms with van der Waals surface area (Å²) in [5.41, 5.74) is 0. The summed E-state index contributed by atoms with van der Waals surface area (Å²) >= 11 is 0. The highest BCUT2D eigenvalue weighted by Crippen LogP contribution is 2.26. The normalized spacial score (nSPS) is 22.5. The van der Waals surface area contributed by atoms with Crippen LogP contribution in [-0.4, -0.2) is 36.6 Å². The van der Waals surface area contributed by atoms with Crippen molar-refractivity contribution in [1.82, 2.24) is 14.3 Å². The number of sulfonamides is 1. The first-order chi connectivity index (χ1) is 10.3. The number of aromatic nitrogens is 2. The third-order valence-corrected chi connectivity index (χ3v) is 5.32. The monoisotopic (exact) mass is 329 g/mol. The van der Waals surface area contributed by atoms with E-state index in [1.54, 1.807) is 18.5 Å². The maximum absolute atomic E-state index is 12.1. The molecule has 7 nitrogen and oxygen atoms in total. The predicted octanol–water partition coefficient (Wildman–Crippen LogP) is 1.13. The van der Waals surface area contributed by atoms with Crippen LogP contribution in [0.5, 0.6) is 0 Å². The van der Waals surface area contributed by atoms with Gasteiger partial charge in [0.15, 0.2) is 5.03 Å². The molecule has 8 heteroatoms. The van der Waals surface area contributed by atoms with Crippen LogP contribution in [0.25, 0.3) is 0 Å². The van der Waals surface area contributed by atoms with Gasteiger partial charge in [0.1, 0.15) is 12.4 Å². The molecule has 1 aliphatic carbocycles. The third kappa shape index (κ3) is 4.07. The molecule has 0 aliphatic heterocycles. The zero-order chi connectivity index (χ0) is 16.3. The Morgan fingerprint density at radius 1 is 1.45 bits per heavy atom. The van der Waals surface area contributed by atoms with Crippen molar-refractivity contribution in [2.45, 2.75) is 50.7 Å². The molecule has 0 radical (unpaired) electrons. The number of nitrogens with zero attached hydrogens (tertiary/aromatic N) is 2. The molecule has 1 aromatic rings. The minimum atomic E-state index is -3.94. The standard InChI is InChI=1S/C14H23N3O4S/c1-10-6-4-5-7-12(10)21-9-13(18)16-22(19,20)14-8-17(3)11(2)15-14/h8,10,12H,4-7,9H2,1-3H3,(H,16,18). The van der Waals surface area contributed by atoms with Gasteiger partial charge in [-0.2, -0.15) is 8.42 Å². The van der Waals surface area contributed by atoms with Gasteiger partial charge in [0, 0.05) is 13.2 Å². The average Bonchev–Trinajstić information content (AvgIpc) is 2.78. The lowest BCUT2D eigenvalue weighted by Gasteiger charge is -2.28. The van der Waals surface area contributed by atoms with E-state index in [0.717, 1.165) is 19.3 Å². The number of amides is 1. The van der Waals surface area contributed by atoms with E-state index < -0.39 is 15.9 Å². The molecule has 124 valence electrons. The number of carbonyl (C=O) groups excluding carboxylic acids is 1. The molecule has 2 unspecified atom stereocenters. The van der Waals surface area contributed by atoms with Gasteiger partial charge in [-0.05, 0) is 25.7 Å². The number of rotatable bonds is 5. The van der Waals surface area contributed by atoms with Gasteiger partial charge in [-0.3, -0.25) is 4.79 Å². The fourth-order valence-electron chi connectivity index (χ4n) is 2.60. The molecule has 1 fully saturated rings. The first kappa shape index (κ1) is 17.0. The van der Waals surface area contributed by atoms with Crippen molar-refractivity contribution in [3.8, 4) is 0 Å². The van der Waals surface area contributed by atoms with Crippen LogP contribution >= 0.6 is 0 Å². The van der Waals surface area contributed by atoms with Gasteiger partial charge in [-0.15, -0.1) is 0 Å².